The number of hydrogen-bond donors (Lipinski definition) is 1. The van der Waals surface area contributed by atoms with Gasteiger partial charge in [0.05, 0.1) is 12.7 Å². The van der Waals surface area contributed by atoms with Crippen LogP contribution in [0.1, 0.15) is 35.3 Å². The van der Waals surface area contributed by atoms with Crippen molar-refractivity contribution < 1.29 is 23.8 Å². The minimum Gasteiger partial charge on any atom is -0.508 e. The zero-order valence-corrected chi connectivity index (χ0v) is 16.2. The summed E-state index contributed by atoms with van der Waals surface area (Å²) in [6.07, 6.45) is 2.85. The average Bonchev–Trinajstić information content (AvgIpc) is 2.71. The fourth-order valence-electron chi connectivity index (χ4n) is 2.97. The smallest absolute Gasteiger partial charge is 0.338 e. The first-order valence-electron chi connectivity index (χ1n) is 8.85. The van der Waals surface area contributed by atoms with E-state index in [0.29, 0.717) is 16.9 Å². The van der Waals surface area contributed by atoms with Crippen LogP contribution in [0.15, 0.2) is 61.5 Å². The van der Waals surface area contributed by atoms with Crippen molar-refractivity contribution in [2.24, 2.45) is 0 Å². The van der Waals surface area contributed by atoms with Crippen LogP contribution in [0.2, 0.25) is 0 Å². The lowest BCUT2D eigenvalue weighted by Gasteiger charge is -2.23. The Labute approximate surface area is 164 Å². The lowest BCUT2D eigenvalue weighted by molar-refractivity contribution is 0.0600. The fraction of sp³-hybridized carbons (Fsp3) is 0.174. The molecule has 0 unspecified atom stereocenters. The molecule has 146 valence electrons. The number of hydrogen-bond acceptors (Lipinski definition) is 4. The van der Waals surface area contributed by atoms with Crippen molar-refractivity contribution in [1.82, 2.24) is 0 Å². The van der Waals surface area contributed by atoms with Gasteiger partial charge in [0.25, 0.3) is 0 Å². The highest BCUT2D eigenvalue weighted by Gasteiger charge is 2.25. The van der Waals surface area contributed by atoms with Gasteiger partial charge in [-0.1, -0.05) is 45.2 Å². The van der Waals surface area contributed by atoms with Gasteiger partial charge in [-0.2, -0.15) is 0 Å². The Morgan fingerprint density at radius 2 is 1.93 bits per heavy atom. The number of carbonyl (C=O) groups is 1. The van der Waals surface area contributed by atoms with Crippen molar-refractivity contribution >= 4 is 11.5 Å². The van der Waals surface area contributed by atoms with Crippen LogP contribution in [-0.4, -0.2) is 18.2 Å². The molecule has 2 aromatic rings. The normalized spacial score (nSPS) is 11.8. The van der Waals surface area contributed by atoms with Gasteiger partial charge in [0.2, 0.25) is 0 Å². The molecule has 1 aliphatic rings. The summed E-state index contributed by atoms with van der Waals surface area (Å²) in [6.45, 7) is 11.2. The molecule has 0 saturated carbocycles. The molecule has 0 spiro atoms. The van der Waals surface area contributed by atoms with Crippen LogP contribution in [-0.2, 0) is 11.3 Å². The van der Waals surface area contributed by atoms with E-state index in [4.69, 9.17) is 9.47 Å². The number of fused-ring (bicyclic) bond motifs is 3. The summed E-state index contributed by atoms with van der Waals surface area (Å²) < 4.78 is 24.6. The van der Waals surface area contributed by atoms with E-state index in [1.165, 1.54) is 19.3 Å². The Morgan fingerprint density at radius 3 is 2.54 bits per heavy atom. The van der Waals surface area contributed by atoms with Crippen molar-refractivity contribution in [2.45, 2.75) is 20.5 Å². The van der Waals surface area contributed by atoms with E-state index in [9.17, 15) is 14.3 Å². The quantitative estimate of drug-likeness (QED) is 0.535. The third kappa shape index (κ3) is 3.98. The van der Waals surface area contributed by atoms with Gasteiger partial charge < -0.3 is 14.6 Å². The van der Waals surface area contributed by atoms with E-state index in [1.807, 2.05) is 13.8 Å². The van der Waals surface area contributed by atoms with E-state index < -0.39 is 11.8 Å². The molecule has 3 rings (SSSR count). The molecule has 28 heavy (non-hydrogen) atoms. The number of ether oxygens (including phenoxy) is 2. The lowest BCUT2D eigenvalue weighted by Crippen LogP contribution is -2.11. The Bertz CT molecular complexity index is 957. The topological polar surface area (TPSA) is 55.8 Å². The van der Waals surface area contributed by atoms with Crippen LogP contribution < -0.4 is 4.74 Å². The molecule has 0 saturated heterocycles. The molecule has 5 heteroatoms. The first-order valence-corrected chi connectivity index (χ1v) is 8.85. The molecular weight excluding hydrogens is 359 g/mol. The molecular formula is C23H23FO4. The predicted octanol–water partition coefficient (Wildman–Crippen LogP) is 5.82. The molecule has 0 bridgehead atoms. The molecule has 0 radical (unpaired) electrons. The first-order chi connectivity index (χ1) is 13.5. The predicted molar refractivity (Wildman–Crippen MR) is 109 cm³/mol. The van der Waals surface area contributed by atoms with Gasteiger partial charge in [-0.25, -0.2) is 9.18 Å². The molecule has 0 amide bonds. The highest BCUT2D eigenvalue weighted by molar-refractivity contribution is 6.00. The summed E-state index contributed by atoms with van der Waals surface area (Å²) in [5.74, 6) is -0.673. The monoisotopic (exact) mass is 382 g/mol. The maximum Gasteiger partial charge on any atom is 0.338 e. The molecule has 1 aliphatic heterocycles. The molecule has 1 heterocycles. The minimum absolute atomic E-state index is 0.128. The van der Waals surface area contributed by atoms with Crippen molar-refractivity contribution in [3.05, 3.63) is 78.2 Å². The zero-order chi connectivity index (χ0) is 20.8. The first kappa shape index (κ1) is 21.0. The Kier molecular flexibility index (Phi) is 6.77. The number of allylic oxidation sites excluding steroid dienone is 4. The summed E-state index contributed by atoms with van der Waals surface area (Å²) >= 11 is 0. The summed E-state index contributed by atoms with van der Waals surface area (Å²) in [4.78, 5) is 12.3. The van der Waals surface area contributed by atoms with Crippen LogP contribution in [0.5, 0.6) is 11.5 Å². The molecule has 4 nitrogen and oxygen atoms in total. The standard InChI is InChI=1S/C21H17FO4.C2H6/c1-4-5-15(12(2)22)17-10-20-18(9-19(17)21(24)25-3)16-7-6-14(23)8-13(16)11-26-20;1-2/h4-10,23H,1-2,11H2,3H3;1-2H3/b15-5+;. The molecule has 0 aromatic heterocycles. The number of rotatable bonds is 4. The van der Waals surface area contributed by atoms with Crippen molar-refractivity contribution in [1.29, 1.82) is 0 Å². The number of aromatic hydroxyl groups is 1. The largest absolute Gasteiger partial charge is 0.508 e. The van der Waals surface area contributed by atoms with Gasteiger partial charge >= 0.3 is 5.97 Å². The third-order valence-corrected chi connectivity index (χ3v) is 4.15. The number of esters is 1. The summed E-state index contributed by atoms with van der Waals surface area (Å²) in [5, 5.41) is 9.66. The van der Waals surface area contributed by atoms with Gasteiger partial charge in [0.1, 0.15) is 23.9 Å². The second kappa shape index (κ2) is 9.04. The molecule has 0 fully saturated rings. The molecule has 0 atom stereocenters. The summed E-state index contributed by atoms with van der Waals surface area (Å²) in [6, 6.07) is 8.12. The fourth-order valence-corrected chi connectivity index (χ4v) is 2.97. The maximum atomic E-state index is 14.0. The number of halogens is 1. The maximum absolute atomic E-state index is 14.0. The van der Waals surface area contributed by atoms with Gasteiger partial charge in [-0.3, -0.25) is 0 Å². The lowest BCUT2D eigenvalue weighted by atomic mass is 9.90. The van der Waals surface area contributed by atoms with Crippen molar-refractivity contribution in [3.63, 3.8) is 0 Å². The average molecular weight is 382 g/mol. The van der Waals surface area contributed by atoms with Gasteiger partial charge in [-0.15, -0.1) is 0 Å². The summed E-state index contributed by atoms with van der Waals surface area (Å²) in [7, 11) is 1.26. The van der Waals surface area contributed by atoms with Gasteiger partial charge in [0.15, 0.2) is 0 Å². The van der Waals surface area contributed by atoms with E-state index in [1.54, 1.807) is 30.3 Å². The second-order valence-electron chi connectivity index (χ2n) is 5.74. The number of phenolic OH excluding ortho intramolecular Hbond substituents is 1. The van der Waals surface area contributed by atoms with E-state index in [2.05, 4.69) is 13.2 Å². The van der Waals surface area contributed by atoms with Crippen molar-refractivity contribution in [3.8, 4) is 22.6 Å². The van der Waals surface area contributed by atoms with Gasteiger partial charge in [-0.05, 0) is 29.8 Å². The molecule has 2 aromatic carbocycles. The van der Waals surface area contributed by atoms with Crippen LogP contribution >= 0.6 is 0 Å². The van der Waals surface area contributed by atoms with Crippen LogP contribution in [0.25, 0.3) is 16.7 Å². The third-order valence-electron chi connectivity index (χ3n) is 4.15. The highest BCUT2D eigenvalue weighted by Crippen LogP contribution is 2.42. The van der Waals surface area contributed by atoms with Crippen LogP contribution in [0.4, 0.5) is 4.39 Å². The number of carbonyl (C=O) groups excluding carboxylic acids is 1. The molecule has 0 aliphatic carbocycles. The molecule has 1 N–H and O–H groups in total. The van der Waals surface area contributed by atoms with E-state index in [0.717, 1.165) is 11.1 Å². The number of phenols is 1. The van der Waals surface area contributed by atoms with Crippen LogP contribution in [0.3, 0.4) is 0 Å². The second-order valence-corrected chi connectivity index (χ2v) is 5.74. The van der Waals surface area contributed by atoms with Crippen molar-refractivity contribution in [2.75, 3.05) is 7.11 Å². The zero-order valence-electron chi connectivity index (χ0n) is 16.2. The summed E-state index contributed by atoms with van der Waals surface area (Å²) in [5.41, 5.74) is 2.90. The Morgan fingerprint density at radius 1 is 1.21 bits per heavy atom. The van der Waals surface area contributed by atoms with Gasteiger partial charge in [0, 0.05) is 22.3 Å². The van der Waals surface area contributed by atoms with E-state index in [-0.39, 0.29) is 23.5 Å². The SMILES string of the molecule is C=C/C=C(\C(=C)F)c1cc2c(cc1C(=O)OC)-c1ccc(O)cc1CO2.CC. The van der Waals surface area contributed by atoms with E-state index >= 15 is 0 Å². The minimum atomic E-state index is -0.698. The Balaban J connectivity index is 0.00000136. The highest BCUT2D eigenvalue weighted by atomic mass is 19.1. The van der Waals surface area contributed by atoms with Crippen LogP contribution in [0, 0.1) is 0 Å². The Hall–Kier alpha value is -3.34. The number of benzene rings is 2. The number of methoxy groups -OCH3 is 1.